The minimum atomic E-state index is -0.0907. The highest BCUT2D eigenvalue weighted by atomic mass is 16.3. The molecule has 0 aliphatic heterocycles. The van der Waals surface area contributed by atoms with Gasteiger partial charge in [-0.2, -0.15) is 4.68 Å². The van der Waals surface area contributed by atoms with Crippen molar-refractivity contribution in [2.45, 2.75) is 13.1 Å². The third kappa shape index (κ3) is 1.78. The predicted octanol–water partition coefficient (Wildman–Crippen LogP) is -1.87. The molecule has 0 saturated carbocycles. The highest BCUT2D eigenvalue weighted by Crippen LogP contribution is 1.92. The van der Waals surface area contributed by atoms with E-state index in [1.165, 1.54) is 0 Å². The number of hydrogen-bond acceptors (Lipinski definition) is 2. The molecule has 4 nitrogen and oxygen atoms in total. The Balaban J connectivity index is 2.79. The van der Waals surface area contributed by atoms with Crippen LogP contribution < -0.4 is 15.5 Å². The first-order chi connectivity index (χ1) is 5.27. The van der Waals surface area contributed by atoms with Crippen LogP contribution in [0.15, 0.2) is 12.4 Å². The summed E-state index contributed by atoms with van der Waals surface area (Å²) in [5.74, 6) is 0. The first-order valence-electron chi connectivity index (χ1n) is 3.61. The van der Waals surface area contributed by atoms with Gasteiger partial charge in [0, 0.05) is 6.54 Å². The van der Waals surface area contributed by atoms with Crippen molar-refractivity contribution in [1.82, 2.24) is 4.68 Å². The molecule has 11 heavy (non-hydrogen) atoms. The molecule has 1 heterocycles. The Hall–Kier alpha value is -0.870. The van der Waals surface area contributed by atoms with Gasteiger partial charge in [-0.25, -0.2) is 0 Å². The zero-order valence-corrected chi connectivity index (χ0v) is 6.66. The fourth-order valence-electron chi connectivity index (χ4n) is 1.05. The van der Waals surface area contributed by atoms with Crippen molar-refractivity contribution in [2.24, 2.45) is 12.8 Å². The van der Waals surface area contributed by atoms with Gasteiger partial charge in [0.1, 0.15) is 0 Å². The van der Waals surface area contributed by atoms with Crippen molar-refractivity contribution in [3.8, 4) is 0 Å². The molecule has 0 aliphatic rings. The lowest BCUT2D eigenvalue weighted by molar-refractivity contribution is -0.755. The van der Waals surface area contributed by atoms with Crippen molar-refractivity contribution < 1.29 is 9.79 Å². The minimum absolute atomic E-state index is 0.0907. The second kappa shape index (κ2) is 3.50. The normalized spacial score (nSPS) is 10.5. The van der Waals surface area contributed by atoms with Crippen LogP contribution in [-0.4, -0.2) is 11.3 Å². The third-order valence-corrected chi connectivity index (χ3v) is 1.63. The number of rotatable bonds is 3. The Kier molecular flexibility index (Phi) is 2.62. The maximum atomic E-state index is 10.3. The lowest BCUT2D eigenvalue weighted by Crippen LogP contribution is -2.39. The van der Waals surface area contributed by atoms with Gasteiger partial charge in [0.2, 0.25) is 0 Å². The average molecular weight is 155 g/mol. The van der Waals surface area contributed by atoms with Gasteiger partial charge in [-0.15, -0.1) is 11.3 Å². The van der Waals surface area contributed by atoms with E-state index in [-0.39, 0.29) is 6.61 Å². The first kappa shape index (κ1) is 8.23. The van der Waals surface area contributed by atoms with Gasteiger partial charge in [-0.1, -0.05) is 0 Å². The topological polar surface area (TPSA) is 57.9 Å². The quantitative estimate of drug-likeness (QED) is 0.520. The summed E-state index contributed by atoms with van der Waals surface area (Å²) in [7, 11) is 1.90. The summed E-state index contributed by atoms with van der Waals surface area (Å²) < 4.78 is 3.73. The zero-order chi connectivity index (χ0) is 8.27. The first-order valence-corrected chi connectivity index (χ1v) is 3.61. The maximum Gasteiger partial charge on any atom is 0.199 e. The van der Waals surface area contributed by atoms with E-state index < -0.39 is 0 Å². The molecular formula is C7H13N3O. The van der Waals surface area contributed by atoms with Crippen LogP contribution in [0.25, 0.3) is 0 Å². The van der Waals surface area contributed by atoms with E-state index in [0.717, 1.165) is 5.56 Å². The second-order valence-corrected chi connectivity index (χ2v) is 2.48. The molecule has 1 rings (SSSR count). The molecule has 0 unspecified atom stereocenters. The molecule has 0 aromatic carbocycles. The fraction of sp³-hybridized carbons (Fsp3) is 0.571. The summed E-state index contributed by atoms with van der Waals surface area (Å²) in [5, 5.41) is 10.3. The van der Waals surface area contributed by atoms with Crippen LogP contribution in [0.5, 0.6) is 0 Å². The molecule has 0 radical (unpaired) electrons. The van der Waals surface area contributed by atoms with Crippen molar-refractivity contribution in [1.29, 1.82) is 0 Å². The predicted molar refractivity (Wildman–Crippen MR) is 38.4 cm³/mol. The zero-order valence-electron chi connectivity index (χ0n) is 6.66. The van der Waals surface area contributed by atoms with E-state index in [4.69, 9.17) is 5.73 Å². The lowest BCUT2D eigenvalue weighted by Gasteiger charge is -2.01. The molecule has 0 bridgehead atoms. The molecule has 0 aliphatic carbocycles. The van der Waals surface area contributed by atoms with Gasteiger partial charge in [-0.05, 0) is 0 Å². The Morgan fingerprint density at radius 2 is 2.45 bits per heavy atom. The molecular weight excluding hydrogens is 142 g/mol. The summed E-state index contributed by atoms with van der Waals surface area (Å²) in [5.41, 5.74) is 6.48. The Bertz CT molecular complexity index is 232. The molecule has 0 amide bonds. The van der Waals surface area contributed by atoms with Gasteiger partial charge in [0.15, 0.2) is 13.2 Å². The van der Waals surface area contributed by atoms with Crippen molar-refractivity contribution in [3.63, 3.8) is 0 Å². The third-order valence-electron chi connectivity index (χ3n) is 1.63. The number of nitrogens with two attached hydrogens (primary N) is 1. The van der Waals surface area contributed by atoms with Gasteiger partial charge < -0.3 is 10.8 Å². The number of aryl methyl sites for hydroxylation is 1. The van der Waals surface area contributed by atoms with E-state index in [2.05, 4.69) is 0 Å². The molecule has 0 saturated heterocycles. The summed E-state index contributed by atoms with van der Waals surface area (Å²) >= 11 is 0. The van der Waals surface area contributed by atoms with Crippen LogP contribution in [0.4, 0.5) is 0 Å². The Labute approximate surface area is 65.8 Å². The SMILES string of the molecule is C[n+]1cc(CN)cn1CC[O-]. The van der Waals surface area contributed by atoms with Crippen LogP contribution in [0.2, 0.25) is 0 Å². The highest BCUT2D eigenvalue weighted by molar-refractivity contribution is 4.98. The van der Waals surface area contributed by atoms with Crippen LogP contribution in [0, 0.1) is 0 Å². The molecule has 0 fully saturated rings. The number of nitrogens with zero attached hydrogens (tertiary/aromatic N) is 2. The van der Waals surface area contributed by atoms with E-state index >= 15 is 0 Å². The summed E-state index contributed by atoms with van der Waals surface area (Å²) in [4.78, 5) is 0. The monoisotopic (exact) mass is 155 g/mol. The average Bonchev–Trinajstić information content (AvgIpc) is 2.33. The second-order valence-electron chi connectivity index (χ2n) is 2.48. The number of aromatic nitrogens is 2. The van der Waals surface area contributed by atoms with E-state index in [0.29, 0.717) is 13.1 Å². The molecule has 2 N–H and O–H groups in total. The van der Waals surface area contributed by atoms with Crippen molar-refractivity contribution in [2.75, 3.05) is 6.61 Å². The highest BCUT2D eigenvalue weighted by Gasteiger charge is 2.04. The van der Waals surface area contributed by atoms with Crippen LogP contribution in [0.1, 0.15) is 5.56 Å². The van der Waals surface area contributed by atoms with E-state index in [9.17, 15) is 5.11 Å². The van der Waals surface area contributed by atoms with Gasteiger partial charge in [0.05, 0.1) is 18.3 Å². The molecule has 0 spiro atoms. The Morgan fingerprint density at radius 1 is 1.73 bits per heavy atom. The van der Waals surface area contributed by atoms with Gasteiger partial charge >= 0.3 is 0 Å². The minimum Gasteiger partial charge on any atom is -0.853 e. The van der Waals surface area contributed by atoms with Crippen LogP contribution in [0.3, 0.4) is 0 Å². The molecule has 0 atom stereocenters. The number of hydrogen-bond donors (Lipinski definition) is 1. The van der Waals surface area contributed by atoms with E-state index in [1.54, 1.807) is 0 Å². The Morgan fingerprint density at radius 3 is 2.91 bits per heavy atom. The molecule has 1 aromatic rings. The lowest BCUT2D eigenvalue weighted by atomic mass is 10.4. The smallest absolute Gasteiger partial charge is 0.199 e. The largest absolute Gasteiger partial charge is 0.853 e. The molecule has 1 aromatic heterocycles. The van der Waals surface area contributed by atoms with Crippen LogP contribution in [-0.2, 0) is 20.1 Å². The van der Waals surface area contributed by atoms with Gasteiger partial charge in [0.25, 0.3) is 0 Å². The summed E-state index contributed by atoms with van der Waals surface area (Å²) in [6.45, 7) is 0.947. The summed E-state index contributed by atoms with van der Waals surface area (Å²) in [6, 6.07) is 0. The fourth-order valence-corrected chi connectivity index (χ4v) is 1.05. The van der Waals surface area contributed by atoms with Crippen molar-refractivity contribution in [3.05, 3.63) is 18.0 Å². The molecule has 62 valence electrons. The van der Waals surface area contributed by atoms with E-state index in [1.807, 2.05) is 28.8 Å². The van der Waals surface area contributed by atoms with Crippen molar-refractivity contribution >= 4 is 0 Å². The van der Waals surface area contributed by atoms with Gasteiger partial charge in [-0.3, -0.25) is 0 Å². The standard InChI is InChI=1S/C7H13N3O/c1-9-5-7(4-8)6-10(9)2-3-11/h5-6H,2-4,8H2,1H3. The molecule has 4 heteroatoms. The van der Waals surface area contributed by atoms with Crippen LogP contribution >= 0.6 is 0 Å². The summed E-state index contributed by atoms with van der Waals surface area (Å²) in [6.07, 6.45) is 3.83. The maximum absolute atomic E-state index is 10.3.